The van der Waals surface area contributed by atoms with Crippen molar-refractivity contribution in [1.82, 2.24) is 15.3 Å². The summed E-state index contributed by atoms with van der Waals surface area (Å²) in [6.45, 7) is 7.16. The zero-order valence-corrected chi connectivity index (χ0v) is 10.2. The van der Waals surface area contributed by atoms with Gasteiger partial charge in [-0.1, -0.05) is 19.8 Å². The van der Waals surface area contributed by atoms with E-state index in [-0.39, 0.29) is 0 Å². The Morgan fingerprint density at radius 2 is 1.67 bits per heavy atom. The lowest BCUT2D eigenvalue weighted by Crippen LogP contribution is -2.55. The zero-order valence-electron chi connectivity index (χ0n) is 10.2. The summed E-state index contributed by atoms with van der Waals surface area (Å²) in [7, 11) is 2.21. The zero-order chi connectivity index (χ0) is 10.7. The molecule has 2 unspecified atom stereocenters. The molecule has 0 aromatic rings. The second-order valence-electron chi connectivity index (χ2n) is 5.29. The van der Waals surface area contributed by atoms with Gasteiger partial charge in [0.1, 0.15) is 0 Å². The minimum Gasteiger partial charge on any atom is -0.304 e. The highest BCUT2D eigenvalue weighted by atomic mass is 15.5. The molecule has 0 aromatic heterocycles. The van der Waals surface area contributed by atoms with Crippen LogP contribution in [0, 0.1) is 5.92 Å². The minimum absolute atomic E-state index is 0.738. The summed E-state index contributed by atoms with van der Waals surface area (Å²) in [5, 5.41) is 2.44. The van der Waals surface area contributed by atoms with Gasteiger partial charge in [-0.25, -0.2) is 5.01 Å². The number of hydrogen-bond acceptors (Lipinski definition) is 3. The van der Waals surface area contributed by atoms with E-state index in [1.165, 1.54) is 51.9 Å². The van der Waals surface area contributed by atoms with Gasteiger partial charge in [0.25, 0.3) is 0 Å². The summed E-state index contributed by atoms with van der Waals surface area (Å²) in [5.41, 5.74) is 3.73. The monoisotopic (exact) mass is 211 g/mol. The van der Waals surface area contributed by atoms with Crippen LogP contribution in [-0.2, 0) is 0 Å². The third-order valence-electron chi connectivity index (χ3n) is 3.96. The van der Waals surface area contributed by atoms with Crippen molar-refractivity contribution in [1.29, 1.82) is 0 Å². The van der Waals surface area contributed by atoms with Crippen LogP contribution in [0.15, 0.2) is 0 Å². The Morgan fingerprint density at radius 1 is 1.00 bits per heavy atom. The largest absolute Gasteiger partial charge is 0.304 e. The van der Waals surface area contributed by atoms with Gasteiger partial charge in [0.15, 0.2) is 0 Å². The second kappa shape index (κ2) is 5.28. The first kappa shape index (κ1) is 11.4. The number of likely N-dealkylation sites (N-methyl/N-ethyl adjacent to an activating group) is 1. The predicted octanol–water partition coefficient (Wildman–Crippen LogP) is 1.32. The number of hydrazine groups is 1. The summed E-state index contributed by atoms with van der Waals surface area (Å²) in [5.74, 6) is 0.860. The summed E-state index contributed by atoms with van der Waals surface area (Å²) < 4.78 is 0. The Kier molecular flexibility index (Phi) is 4.00. The SMILES string of the molecule is CC1CCCCC1NN1CCN(C)CC1. The van der Waals surface area contributed by atoms with Gasteiger partial charge in [-0.3, -0.25) is 5.43 Å². The lowest BCUT2D eigenvalue weighted by atomic mass is 9.86. The Balaban J connectivity index is 1.75. The summed E-state index contributed by atoms with van der Waals surface area (Å²) in [6.07, 6.45) is 5.62. The molecular formula is C12H25N3. The van der Waals surface area contributed by atoms with E-state index in [9.17, 15) is 0 Å². The Labute approximate surface area is 93.8 Å². The molecule has 15 heavy (non-hydrogen) atoms. The van der Waals surface area contributed by atoms with Gasteiger partial charge in [-0.05, 0) is 25.8 Å². The average molecular weight is 211 g/mol. The van der Waals surface area contributed by atoms with Crippen LogP contribution in [-0.4, -0.2) is 49.2 Å². The lowest BCUT2D eigenvalue weighted by molar-refractivity contribution is 0.0645. The highest BCUT2D eigenvalue weighted by Crippen LogP contribution is 2.24. The molecule has 0 amide bonds. The van der Waals surface area contributed by atoms with Gasteiger partial charge < -0.3 is 4.90 Å². The Bertz CT molecular complexity index is 187. The molecule has 2 rings (SSSR count). The quantitative estimate of drug-likeness (QED) is 0.743. The fourth-order valence-electron chi connectivity index (χ4n) is 2.68. The van der Waals surface area contributed by atoms with Crippen molar-refractivity contribution >= 4 is 0 Å². The van der Waals surface area contributed by atoms with Crippen molar-refractivity contribution < 1.29 is 0 Å². The first-order valence-corrected chi connectivity index (χ1v) is 6.45. The van der Waals surface area contributed by atoms with E-state index in [1.54, 1.807) is 0 Å². The molecule has 2 fully saturated rings. The van der Waals surface area contributed by atoms with Crippen LogP contribution in [0.2, 0.25) is 0 Å². The molecular weight excluding hydrogens is 186 g/mol. The number of nitrogens with one attached hydrogen (secondary N) is 1. The predicted molar refractivity (Wildman–Crippen MR) is 63.6 cm³/mol. The maximum Gasteiger partial charge on any atom is 0.0259 e. The average Bonchev–Trinajstić information content (AvgIpc) is 2.25. The van der Waals surface area contributed by atoms with E-state index >= 15 is 0 Å². The molecule has 2 atom stereocenters. The fourth-order valence-corrected chi connectivity index (χ4v) is 2.68. The van der Waals surface area contributed by atoms with Gasteiger partial charge in [0.05, 0.1) is 0 Å². The standard InChI is InChI=1S/C12H25N3/c1-11-5-3-4-6-12(11)13-15-9-7-14(2)8-10-15/h11-13H,3-10H2,1-2H3. The molecule has 1 aliphatic carbocycles. The van der Waals surface area contributed by atoms with Crippen LogP contribution in [0.4, 0.5) is 0 Å². The van der Waals surface area contributed by atoms with E-state index in [0.29, 0.717) is 0 Å². The summed E-state index contributed by atoms with van der Waals surface area (Å²) >= 11 is 0. The van der Waals surface area contributed by atoms with Gasteiger partial charge in [-0.15, -0.1) is 0 Å². The third-order valence-corrected chi connectivity index (χ3v) is 3.96. The second-order valence-corrected chi connectivity index (χ2v) is 5.29. The molecule has 1 N–H and O–H groups in total. The molecule has 3 nitrogen and oxygen atoms in total. The van der Waals surface area contributed by atoms with Crippen LogP contribution >= 0.6 is 0 Å². The molecule has 1 saturated carbocycles. The molecule has 1 saturated heterocycles. The molecule has 0 bridgehead atoms. The summed E-state index contributed by atoms with van der Waals surface area (Å²) in [4.78, 5) is 2.41. The minimum atomic E-state index is 0.738. The van der Waals surface area contributed by atoms with Gasteiger partial charge >= 0.3 is 0 Å². The van der Waals surface area contributed by atoms with Gasteiger partial charge in [-0.2, -0.15) is 0 Å². The van der Waals surface area contributed by atoms with Crippen molar-refractivity contribution in [2.24, 2.45) is 5.92 Å². The lowest BCUT2D eigenvalue weighted by Gasteiger charge is -2.38. The van der Waals surface area contributed by atoms with Crippen LogP contribution in [0.1, 0.15) is 32.6 Å². The first-order chi connectivity index (χ1) is 7.25. The van der Waals surface area contributed by atoms with Crippen molar-refractivity contribution in [3.8, 4) is 0 Å². The van der Waals surface area contributed by atoms with Crippen LogP contribution in [0.25, 0.3) is 0 Å². The van der Waals surface area contributed by atoms with Gasteiger partial charge in [0, 0.05) is 32.2 Å². The third kappa shape index (κ3) is 3.16. The Morgan fingerprint density at radius 3 is 2.33 bits per heavy atom. The Hall–Kier alpha value is -0.120. The molecule has 0 radical (unpaired) electrons. The summed E-state index contributed by atoms with van der Waals surface area (Å²) in [6, 6.07) is 0.738. The van der Waals surface area contributed by atoms with Crippen molar-refractivity contribution in [2.45, 2.75) is 38.6 Å². The number of hydrogen-bond donors (Lipinski definition) is 1. The van der Waals surface area contributed by atoms with E-state index in [2.05, 4.69) is 29.3 Å². The van der Waals surface area contributed by atoms with E-state index < -0.39 is 0 Å². The molecule has 3 heteroatoms. The normalized spacial score (nSPS) is 35.6. The van der Waals surface area contributed by atoms with E-state index in [0.717, 1.165) is 12.0 Å². The van der Waals surface area contributed by atoms with Crippen LogP contribution < -0.4 is 5.43 Å². The number of piperazine rings is 1. The molecule has 0 aromatic carbocycles. The van der Waals surface area contributed by atoms with Crippen LogP contribution in [0.3, 0.4) is 0 Å². The van der Waals surface area contributed by atoms with Crippen LogP contribution in [0.5, 0.6) is 0 Å². The highest BCUT2D eigenvalue weighted by Gasteiger charge is 2.24. The smallest absolute Gasteiger partial charge is 0.0259 e. The van der Waals surface area contributed by atoms with Crippen molar-refractivity contribution in [2.75, 3.05) is 33.2 Å². The number of nitrogens with zero attached hydrogens (tertiary/aromatic N) is 2. The topological polar surface area (TPSA) is 18.5 Å². The molecule has 2 aliphatic rings. The molecule has 0 spiro atoms. The van der Waals surface area contributed by atoms with Crippen molar-refractivity contribution in [3.63, 3.8) is 0 Å². The number of rotatable bonds is 2. The van der Waals surface area contributed by atoms with E-state index in [4.69, 9.17) is 0 Å². The van der Waals surface area contributed by atoms with Crippen molar-refractivity contribution in [3.05, 3.63) is 0 Å². The molecule has 1 heterocycles. The van der Waals surface area contributed by atoms with Gasteiger partial charge in [0.2, 0.25) is 0 Å². The maximum absolute atomic E-state index is 3.73. The molecule has 88 valence electrons. The van der Waals surface area contributed by atoms with E-state index in [1.807, 2.05) is 0 Å². The maximum atomic E-state index is 3.73. The fraction of sp³-hybridized carbons (Fsp3) is 1.00. The first-order valence-electron chi connectivity index (χ1n) is 6.45. The molecule has 1 aliphatic heterocycles. The highest BCUT2D eigenvalue weighted by molar-refractivity contribution is 4.78.